The lowest BCUT2D eigenvalue weighted by Crippen LogP contribution is -2.25. The normalized spacial score (nSPS) is 13.1. The Labute approximate surface area is 201 Å². The number of para-hydroxylation sites is 1. The first-order chi connectivity index (χ1) is 17.0. The number of aromatic amines is 1. The summed E-state index contributed by atoms with van der Waals surface area (Å²) in [5.41, 5.74) is 6.07. The number of carbonyl (C=O) groups excluding carboxylic acids is 2. The average molecular weight is 459 g/mol. The molecule has 0 saturated heterocycles. The quantitative estimate of drug-likeness (QED) is 0.340. The van der Waals surface area contributed by atoms with Crippen LogP contribution in [0.25, 0.3) is 39.1 Å². The number of benzene rings is 3. The van der Waals surface area contributed by atoms with Crippen molar-refractivity contribution in [2.75, 3.05) is 24.3 Å². The van der Waals surface area contributed by atoms with Crippen LogP contribution in [0.1, 0.15) is 15.9 Å². The van der Waals surface area contributed by atoms with Gasteiger partial charge in [0.15, 0.2) is 0 Å². The fourth-order valence-electron chi connectivity index (χ4n) is 4.56. The van der Waals surface area contributed by atoms with Gasteiger partial charge in [-0.25, -0.2) is 4.98 Å². The minimum Gasteiger partial charge on any atom is -0.378 e. The van der Waals surface area contributed by atoms with E-state index in [9.17, 15) is 9.59 Å². The van der Waals surface area contributed by atoms with Crippen molar-refractivity contribution >= 4 is 51.0 Å². The number of aromatic nitrogens is 2. The van der Waals surface area contributed by atoms with E-state index in [1.165, 1.54) is 0 Å². The molecule has 6 rings (SSSR count). The molecule has 2 aromatic heterocycles. The van der Waals surface area contributed by atoms with Crippen LogP contribution < -0.4 is 10.2 Å². The molecule has 6 nitrogen and oxygen atoms in total. The Morgan fingerprint density at radius 3 is 2.37 bits per heavy atom. The van der Waals surface area contributed by atoms with Crippen molar-refractivity contribution in [3.8, 4) is 11.3 Å². The van der Waals surface area contributed by atoms with Crippen LogP contribution in [0.2, 0.25) is 0 Å². The highest BCUT2D eigenvalue weighted by atomic mass is 16.2. The molecule has 0 radical (unpaired) electrons. The monoisotopic (exact) mass is 458 g/mol. The number of fused-ring (bicyclic) bond motifs is 4. The maximum absolute atomic E-state index is 12.9. The summed E-state index contributed by atoms with van der Waals surface area (Å²) in [6, 6.07) is 25.3. The van der Waals surface area contributed by atoms with Gasteiger partial charge in [0.05, 0.1) is 16.9 Å². The number of ketones is 2. The molecular weight excluding hydrogens is 436 g/mol. The van der Waals surface area contributed by atoms with E-state index >= 15 is 0 Å². The van der Waals surface area contributed by atoms with Gasteiger partial charge in [-0.05, 0) is 35.9 Å². The Balaban J connectivity index is 1.52. The van der Waals surface area contributed by atoms with E-state index in [2.05, 4.69) is 16.4 Å². The molecule has 0 atom stereocenters. The summed E-state index contributed by atoms with van der Waals surface area (Å²) in [6.45, 7) is 0. The number of allylic oxidation sites excluding steroid dienone is 1. The number of pyridine rings is 1. The van der Waals surface area contributed by atoms with E-state index in [0.717, 1.165) is 38.8 Å². The Bertz CT molecular complexity index is 1680. The molecule has 6 heteroatoms. The molecule has 0 aliphatic heterocycles. The number of H-pyrrole nitrogens is 1. The van der Waals surface area contributed by atoms with E-state index < -0.39 is 11.6 Å². The van der Waals surface area contributed by atoms with Crippen molar-refractivity contribution in [1.82, 2.24) is 9.97 Å². The molecule has 1 aliphatic rings. The largest absolute Gasteiger partial charge is 0.378 e. The fourth-order valence-corrected chi connectivity index (χ4v) is 4.56. The van der Waals surface area contributed by atoms with Crippen LogP contribution in [0.5, 0.6) is 0 Å². The summed E-state index contributed by atoms with van der Waals surface area (Å²) in [5, 5.41) is 5.19. The summed E-state index contributed by atoms with van der Waals surface area (Å²) in [6.07, 6.45) is 1.71. The number of carbonyl (C=O) groups is 2. The van der Waals surface area contributed by atoms with Crippen molar-refractivity contribution < 1.29 is 9.59 Å². The molecule has 2 heterocycles. The minimum absolute atomic E-state index is 0.217. The van der Waals surface area contributed by atoms with Crippen LogP contribution in [0, 0.1) is 0 Å². The zero-order chi connectivity index (χ0) is 24.1. The van der Waals surface area contributed by atoms with E-state index in [1.54, 1.807) is 18.2 Å². The Hall–Kier alpha value is -4.71. The molecule has 5 aromatic rings. The number of Topliss-reactive ketones (excluding diaryl/α,β-unsaturated/α-hetero) is 2. The predicted molar refractivity (Wildman–Crippen MR) is 141 cm³/mol. The highest BCUT2D eigenvalue weighted by Crippen LogP contribution is 2.35. The number of nitrogens with one attached hydrogen (secondary N) is 2. The number of rotatable bonds is 4. The lowest BCUT2D eigenvalue weighted by atomic mass is 9.93. The maximum atomic E-state index is 12.9. The standard InChI is InChI=1S/C29H22N4O2/c1-33(2)19-13-11-17(12-14-19)26-27-22(21-9-5-6-10-23(21)31-27)16-25(32-26)30-24-15-18-7-3-4-8-20(18)28(34)29(24)35/h3-16,31H,1-2H3,(H,30,32). The highest BCUT2D eigenvalue weighted by Gasteiger charge is 2.28. The minimum atomic E-state index is -0.568. The van der Waals surface area contributed by atoms with Crippen LogP contribution in [-0.4, -0.2) is 35.6 Å². The second kappa shape index (κ2) is 7.95. The molecule has 0 spiro atoms. The maximum Gasteiger partial charge on any atom is 0.249 e. The van der Waals surface area contributed by atoms with Gasteiger partial charge in [-0.2, -0.15) is 0 Å². The zero-order valence-corrected chi connectivity index (χ0v) is 19.3. The molecule has 35 heavy (non-hydrogen) atoms. The zero-order valence-electron chi connectivity index (χ0n) is 19.3. The van der Waals surface area contributed by atoms with Crippen molar-refractivity contribution in [2.24, 2.45) is 0 Å². The topological polar surface area (TPSA) is 78.1 Å². The lowest BCUT2D eigenvalue weighted by molar-refractivity contribution is -0.111. The molecule has 0 bridgehead atoms. The highest BCUT2D eigenvalue weighted by molar-refractivity contribution is 6.52. The number of anilines is 2. The molecule has 1 aliphatic carbocycles. The molecule has 3 aromatic carbocycles. The molecule has 170 valence electrons. The molecular formula is C29H22N4O2. The van der Waals surface area contributed by atoms with Crippen LogP contribution in [0.15, 0.2) is 84.6 Å². The van der Waals surface area contributed by atoms with Crippen molar-refractivity contribution in [3.63, 3.8) is 0 Å². The Kier molecular flexibility index (Phi) is 4.74. The third-order valence-electron chi connectivity index (χ3n) is 6.37. The van der Waals surface area contributed by atoms with Crippen LogP contribution >= 0.6 is 0 Å². The average Bonchev–Trinajstić information content (AvgIpc) is 3.25. The van der Waals surface area contributed by atoms with E-state index in [0.29, 0.717) is 16.9 Å². The van der Waals surface area contributed by atoms with Crippen molar-refractivity contribution in [3.05, 3.63) is 95.7 Å². The van der Waals surface area contributed by atoms with Gasteiger partial charge in [0.25, 0.3) is 0 Å². The molecule has 0 unspecified atom stereocenters. The number of nitrogens with zero attached hydrogens (tertiary/aromatic N) is 2. The summed E-state index contributed by atoms with van der Waals surface area (Å²) < 4.78 is 0. The summed E-state index contributed by atoms with van der Waals surface area (Å²) in [7, 11) is 4.00. The van der Waals surface area contributed by atoms with E-state index in [1.807, 2.05) is 79.7 Å². The second-order valence-electron chi connectivity index (χ2n) is 8.82. The van der Waals surface area contributed by atoms with Crippen LogP contribution in [-0.2, 0) is 4.79 Å². The SMILES string of the molecule is CN(C)c1ccc(-c2nc(NC3=Cc4ccccc4C(=O)C3=O)cc3c2[nH]c2ccccc23)cc1. The summed E-state index contributed by atoms with van der Waals surface area (Å²) in [5.74, 6) is -0.583. The summed E-state index contributed by atoms with van der Waals surface area (Å²) >= 11 is 0. The van der Waals surface area contributed by atoms with Crippen molar-refractivity contribution in [1.29, 1.82) is 0 Å². The molecule has 2 N–H and O–H groups in total. The predicted octanol–water partition coefficient (Wildman–Crippen LogP) is 5.67. The Morgan fingerprint density at radius 2 is 1.57 bits per heavy atom. The number of hydrogen-bond acceptors (Lipinski definition) is 5. The molecule has 0 amide bonds. The summed E-state index contributed by atoms with van der Waals surface area (Å²) in [4.78, 5) is 36.0. The van der Waals surface area contributed by atoms with Gasteiger partial charge in [-0.3, -0.25) is 9.59 Å². The second-order valence-corrected chi connectivity index (χ2v) is 8.82. The van der Waals surface area contributed by atoms with E-state index in [-0.39, 0.29) is 5.70 Å². The molecule has 0 fully saturated rings. The smallest absolute Gasteiger partial charge is 0.249 e. The first-order valence-electron chi connectivity index (χ1n) is 11.4. The third-order valence-corrected chi connectivity index (χ3v) is 6.37. The van der Waals surface area contributed by atoms with E-state index in [4.69, 9.17) is 4.98 Å². The Morgan fingerprint density at radius 1 is 0.829 bits per heavy atom. The van der Waals surface area contributed by atoms with Crippen LogP contribution in [0.3, 0.4) is 0 Å². The van der Waals surface area contributed by atoms with Gasteiger partial charge in [-0.15, -0.1) is 0 Å². The van der Waals surface area contributed by atoms with Gasteiger partial charge in [-0.1, -0.05) is 54.6 Å². The van der Waals surface area contributed by atoms with Crippen LogP contribution in [0.4, 0.5) is 11.5 Å². The fraction of sp³-hybridized carbons (Fsp3) is 0.0690. The van der Waals surface area contributed by atoms with Gasteiger partial charge < -0.3 is 15.2 Å². The van der Waals surface area contributed by atoms with Crippen molar-refractivity contribution in [2.45, 2.75) is 0 Å². The van der Waals surface area contributed by atoms with Gasteiger partial charge >= 0.3 is 0 Å². The lowest BCUT2D eigenvalue weighted by Gasteiger charge is -2.16. The van der Waals surface area contributed by atoms with Gasteiger partial charge in [0.2, 0.25) is 11.6 Å². The number of hydrogen-bond donors (Lipinski definition) is 2. The third kappa shape index (κ3) is 3.47. The van der Waals surface area contributed by atoms with Gasteiger partial charge in [0.1, 0.15) is 5.82 Å². The first-order valence-corrected chi connectivity index (χ1v) is 11.4. The molecule has 0 saturated carbocycles. The first kappa shape index (κ1) is 20.9. The van der Waals surface area contributed by atoms with Gasteiger partial charge in [0, 0.05) is 47.2 Å².